The first-order valence-corrected chi connectivity index (χ1v) is 17.6. The van der Waals surface area contributed by atoms with Gasteiger partial charge in [-0.25, -0.2) is 19.3 Å². The minimum atomic E-state index is -1.04. The summed E-state index contributed by atoms with van der Waals surface area (Å²) in [5.74, 6) is -2.01. The van der Waals surface area contributed by atoms with Crippen molar-refractivity contribution >= 4 is 70.5 Å². The summed E-state index contributed by atoms with van der Waals surface area (Å²) < 4.78 is 9.85. The maximum absolute atomic E-state index is 14.5. The second-order valence-corrected chi connectivity index (χ2v) is 13.0. The van der Waals surface area contributed by atoms with Crippen LogP contribution in [0.5, 0.6) is 0 Å². The Morgan fingerprint density at radius 2 is 1.57 bits per heavy atom. The van der Waals surface area contributed by atoms with Gasteiger partial charge in [0.05, 0.1) is 43.3 Å². The van der Waals surface area contributed by atoms with Gasteiger partial charge in [0.15, 0.2) is 0 Å². The molecule has 1 atom stereocenters. The maximum Gasteiger partial charge on any atom is 0.337 e. The molecule has 1 fully saturated rings. The lowest BCUT2D eigenvalue weighted by Gasteiger charge is -2.32. The molecule has 0 spiro atoms. The normalized spacial score (nSPS) is 15.7. The number of carbonyl (C=O) groups excluding carboxylic acids is 5. The van der Waals surface area contributed by atoms with Crippen LogP contribution in [0.3, 0.4) is 0 Å². The number of fused-ring (bicyclic) bond motifs is 1. The van der Waals surface area contributed by atoms with Crippen molar-refractivity contribution in [3.63, 3.8) is 0 Å². The maximum atomic E-state index is 14.5. The number of piperazine rings is 1. The number of hydrogen-bond donors (Lipinski definition) is 3. The Kier molecular flexibility index (Phi) is 14.7. The first-order valence-electron chi connectivity index (χ1n) is 17.6. The highest BCUT2D eigenvalue weighted by atomic mass is 35.5. The van der Waals surface area contributed by atoms with Gasteiger partial charge in [-0.1, -0.05) is 36.4 Å². The molecular formula is C39H48ClN7O7. The number of unbranched alkanes of at least 4 members (excludes halogenated alkanes) is 1. The number of hydrogen-bond acceptors (Lipinski definition) is 11. The van der Waals surface area contributed by atoms with Crippen molar-refractivity contribution in [2.24, 2.45) is 5.73 Å². The fourth-order valence-electron chi connectivity index (χ4n) is 6.29. The summed E-state index contributed by atoms with van der Waals surface area (Å²) in [6.45, 7) is 4.24. The predicted octanol–water partition coefficient (Wildman–Crippen LogP) is 3.81. The first kappa shape index (κ1) is 41.5. The molecule has 1 unspecified atom stereocenters. The Morgan fingerprint density at radius 3 is 2.20 bits per heavy atom. The fourth-order valence-corrected chi connectivity index (χ4v) is 6.29. The van der Waals surface area contributed by atoms with E-state index >= 15 is 0 Å². The van der Waals surface area contributed by atoms with Gasteiger partial charge >= 0.3 is 18.0 Å². The number of nitrogens with one attached hydrogen (secondary N) is 2. The second kappa shape index (κ2) is 19.2. The summed E-state index contributed by atoms with van der Waals surface area (Å²) in [6, 6.07) is 19.1. The molecule has 2 aliphatic heterocycles. The summed E-state index contributed by atoms with van der Waals surface area (Å²) in [6.07, 6.45) is 1.42. The molecule has 0 aromatic heterocycles. The van der Waals surface area contributed by atoms with Gasteiger partial charge in [-0.15, -0.1) is 12.4 Å². The zero-order valence-corrected chi connectivity index (χ0v) is 31.8. The van der Waals surface area contributed by atoms with Crippen molar-refractivity contribution in [2.75, 3.05) is 82.7 Å². The summed E-state index contributed by atoms with van der Waals surface area (Å²) in [7, 11) is 6.28. The Balaban J connectivity index is 0.00000650. The van der Waals surface area contributed by atoms with Gasteiger partial charge in [0.2, 0.25) is 5.91 Å². The summed E-state index contributed by atoms with van der Waals surface area (Å²) in [5.41, 5.74) is 8.83. The van der Waals surface area contributed by atoms with Crippen LogP contribution in [0.4, 0.5) is 21.9 Å². The molecule has 5 rings (SSSR count). The largest absolute Gasteiger partial charge is 0.467 e. The molecule has 2 heterocycles. The Bertz CT molecular complexity index is 1850. The molecule has 3 aromatic rings. The van der Waals surface area contributed by atoms with E-state index in [2.05, 4.69) is 27.5 Å². The molecule has 54 heavy (non-hydrogen) atoms. The van der Waals surface area contributed by atoms with Gasteiger partial charge in [-0.2, -0.15) is 0 Å². The molecule has 0 bridgehead atoms. The molecule has 0 saturated carbocycles. The third kappa shape index (κ3) is 9.63. The third-order valence-corrected chi connectivity index (χ3v) is 9.44. The van der Waals surface area contributed by atoms with E-state index in [-0.39, 0.29) is 41.6 Å². The molecule has 3 aromatic carbocycles. The van der Waals surface area contributed by atoms with Crippen LogP contribution in [-0.2, 0) is 23.9 Å². The average molecular weight is 762 g/mol. The fraction of sp³-hybridized carbons (Fsp3) is 0.359. The zero-order chi connectivity index (χ0) is 38.1. The van der Waals surface area contributed by atoms with E-state index in [0.29, 0.717) is 54.1 Å². The van der Waals surface area contributed by atoms with Gasteiger partial charge in [-0.3, -0.25) is 14.5 Å². The van der Waals surface area contributed by atoms with Crippen molar-refractivity contribution in [3.05, 3.63) is 89.5 Å². The van der Waals surface area contributed by atoms with Crippen LogP contribution in [0.15, 0.2) is 72.8 Å². The van der Waals surface area contributed by atoms with Gasteiger partial charge in [0.25, 0.3) is 5.91 Å². The van der Waals surface area contributed by atoms with Crippen LogP contribution >= 0.6 is 12.4 Å². The topological polar surface area (TPSA) is 167 Å². The molecule has 14 nitrogen and oxygen atoms in total. The van der Waals surface area contributed by atoms with Gasteiger partial charge < -0.3 is 35.6 Å². The lowest BCUT2D eigenvalue weighted by molar-refractivity contribution is -0.143. The van der Waals surface area contributed by atoms with Gasteiger partial charge in [0.1, 0.15) is 6.04 Å². The minimum absolute atomic E-state index is 0. The van der Waals surface area contributed by atoms with E-state index in [1.165, 1.54) is 26.4 Å². The summed E-state index contributed by atoms with van der Waals surface area (Å²) in [5, 5.41) is 6.05. The number of urea groups is 1. The van der Waals surface area contributed by atoms with Crippen molar-refractivity contribution in [2.45, 2.75) is 25.3 Å². The van der Waals surface area contributed by atoms with Crippen LogP contribution in [0, 0.1) is 0 Å². The zero-order valence-electron chi connectivity index (χ0n) is 31.0. The number of amides is 4. The van der Waals surface area contributed by atoms with Crippen LogP contribution in [0.25, 0.3) is 11.3 Å². The van der Waals surface area contributed by atoms with E-state index in [1.807, 2.05) is 54.6 Å². The molecule has 4 N–H and O–H groups in total. The van der Waals surface area contributed by atoms with E-state index in [9.17, 15) is 24.0 Å². The summed E-state index contributed by atoms with van der Waals surface area (Å²) in [4.78, 5) is 73.8. The van der Waals surface area contributed by atoms with Gasteiger partial charge in [0, 0.05) is 50.2 Å². The van der Waals surface area contributed by atoms with Crippen molar-refractivity contribution < 1.29 is 33.4 Å². The molecule has 1 saturated heterocycles. The van der Waals surface area contributed by atoms with E-state index < -0.39 is 29.9 Å². The van der Waals surface area contributed by atoms with E-state index in [0.717, 1.165) is 31.1 Å². The van der Waals surface area contributed by atoms with E-state index in [4.69, 9.17) is 15.2 Å². The number of nitrogens with zero attached hydrogens (tertiary/aromatic N) is 4. The Labute approximate surface area is 321 Å². The van der Waals surface area contributed by atoms with Crippen molar-refractivity contribution in [3.8, 4) is 0 Å². The Hall–Kier alpha value is -5.28. The number of halogens is 1. The predicted molar refractivity (Wildman–Crippen MR) is 210 cm³/mol. The standard InChI is InChI=1S/C39H47N7O7.ClH/c1-43-20-22-45(23-21-43)25-33(47)44(2)29-16-14-28(15-17-29)41-35(26-10-6-5-7-11-26)34-30-18-13-27(37(49)52-3)24-32(30)46(36(34)48)39(51)42-31(38(50)53-4)12-8-9-19-40;/h5-7,10-11,13-18,24,31,41H,8-9,12,19-23,25,40H2,1-4H3,(H,42,51);1H/b35-34-;. The quantitative estimate of drug-likeness (QED) is 0.132. The third-order valence-electron chi connectivity index (χ3n) is 9.44. The Morgan fingerprint density at radius 1 is 0.889 bits per heavy atom. The number of carbonyl (C=O) groups is 5. The molecule has 0 radical (unpaired) electrons. The van der Waals surface area contributed by atoms with Crippen molar-refractivity contribution in [1.82, 2.24) is 15.1 Å². The number of benzene rings is 3. The molecule has 4 amide bonds. The van der Waals surface area contributed by atoms with E-state index in [1.54, 1.807) is 18.0 Å². The van der Waals surface area contributed by atoms with Crippen molar-refractivity contribution in [1.29, 1.82) is 0 Å². The lowest BCUT2D eigenvalue weighted by Crippen LogP contribution is -2.49. The highest BCUT2D eigenvalue weighted by Crippen LogP contribution is 2.42. The number of methoxy groups -OCH3 is 2. The highest BCUT2D eigenvalue weighted by Gasteiger charge is 2.41. The molecule has 15 heteroatoms. The number of nitrogens with two attached hydrogens (primary N) is 1. The van der Waals surface area contributed by atoms with Crippen LogP contribution < -0.4 is 26.2 Å². The molecule has 0 aliphatic carbocycles. The summed E-state index contributed by atoms with van der Waals surface area (Å²) >= 11 is 0. The van der Waals surface area contributed by atoms with Crippen LogP contribution in [-0.4, -0.2) is 113 Å². The minimum Gasteiger partial charge on any atom is -0.467 e. The number of esters is 2. The SMILES string of the molecule is COC(=O)c1ccc2c(c1)N(C(=O)NC(CCCCN)C(=O)OC)C(=O)/C2=C(\Nc1ccc(N(C)C(=O)CN2CCN(C)CC2)cc1)c1ccccc1.Cl. The average Bonchev–Trinajstić information content (AvgIpc) is 3.47. The smallest absolute Gasteiger partial charge is 0.337 e. The first-order chi connectivity index (χ1) is 25.6. The second-order valence-electron chi connectivity index (χ2n) is 13.0. The monoisotopic (exact) mass is 761 g/mol. The number of anilines is 3. The lowest BCUT2D eigenvalue weighted by atomic mass is 9.99. The number of rotatable bonds is 13. The number of imide groups is 1. The number of ether oxygens (including phenoxy) is 2. The molecular weight excluding hydrogens is 714 g/mol. The number of likely N-dealkylation sites (N-methyl/N-ethyl adjacent to an activating group) is 2. The van der Waals surface area contributed by atoms with Crippen LogP contribution in [0.2, 0.25) is 0 Å². The highest BCUT2D eigenvalue weighted by molar-refractivity contribution is 6.44. The molecule has 2 aliphatic rings. The van der Waals surface area contributed by atoms with Crippen LogP contribution in [0.1, 0.15) is 40.7 Å². The molecule has 288 valence electrons. The van der Waals surface area contributed by atoms with Gasteiger partial charge in [-0.05, 0) is 74.8 Å².